The Morgan fingerprint density at radius 3 is 2.65 bits per heavy atom. The van der Waals surface area contributed by atoms with Gasteiger partial charge in [0.05, 0.1) is 0 Å². The molecule has 1 aliphatic heterocycles. The molecule has 0 spiro atoms. The third kappa shape index (κ3) is 4.96. The summed E-state index contributed by atoms with van der Waals surface area (Å²) < 4.78 is 2.01. The van der Waals surface area contributed by atoms with Crippen molar-refractivity contribution in [3.05, 3.63) is 11.6 Å². The maximum atomic E-state index is 4.83. The molecule has 2 aliphatic rings. The van der Waals surface area contributed by atoms with E-state index in [0.717, 1.165) is 30.7 Å². The smallest absolute Gasteiger partial charge is 0.191 e. The minimum absolute atomic E-state index is 0.544. The maximum absolute atomic E-state index is 4.83. The number of aromatic nitrogens is 3. The monoisotopic (exact) mass is 361 g/mol. The fourth-order valence-corrected chi connectivity index (χ4v) is 4.09. The average Bonchev–Trinajstić information content (AvgIpc) is 3.25. The molecule has 0 radical (unpaired) electrons. The molecule has 0 aromatic carbocycles. The van der Waals surface area contributed by atoms with Crippen LogP contribution in [0.4, 0.5) is 0 Å². The number of hydrogen-bond donors (Lipinski definition) is 2. The van der Waals surface area contributed by atoms with Crippen molar-refractivity contribution in [2.45, 2.75) is 77.4 Å². The van der Waals surface area contributed by atoms with E-state index in [1.165, 1.54) is 51.5 Å². The number of aliphatic imine (C=N–C) groups is 1. The molecule has 7 nitrogen and oxygen atoms in total. The van der Waals surface area contributed by atoms with Gasteiger partial charge >= 0.3 is 0 Å². The van der Waals surface area contributed by atoms with Gasteiger partial charge in [0.2, 0.25) is 0 Å². The lowest BCUT2D eigenvalue weighted by atomic mass is 9.96. The number of aryl methyl sites for hydroxylation is 1. The predicted molar refractivity (Wildman–Crippen MR) is 105 cm³/mol. The normalized spacial score (nSPS) is 22.7. The van der Waals surface area contributed by atoms with Crippen LogP contribution in [0.25, 0.3) is 0 Å². The SMILES string of the molecule is CCN1CCCC1CNC(=NCc1nnc(C)n1C)NC1CCCCC1. The van der Waals surface area contributed by atoms with Crippen LogP contribution in [0.2, 0.25) is 0 Å². The summed E-state index contributed by atoms with van der Waals surface area (Å²) in [5, 5.41) is 15.7. The summed E-state index contributed by atoms with van der Waals surface area (Å²) in [6.07, 6.45) is 9.08. The van der Waals surface area contributed by atoms with Gasteiger partial charge in [0.25, 0.3) is 0 Å². The molecule has 2 fully saturated rings. The van der Waals surface area contributed by atoms with Crippen LogP contribution in [0.3, 0.4) is 0 Å². The highest BCUT2D eigenvalue weighted by molar-refractivity contribution is 5.80. The summed E-state index contributed by atoms with van der Waals surface area (Å²) in [6, 6.07) is 1.16. The topological polar surface area (TPSA) is 70.4 Å². The van der Waals surface area contributed by atoms with Gasteiger partial charge in [0, 0.05) is 25.7 Å². The molecule has 3 rings (SSSR count). The molecular weight excluding hydrogens is 326 g/mol. The number of guanidine groups is 1. The van der Waals surface area contributed by atoms with Crippen molar-refractivity contribution >= 4 is 5.96 Å². The first-order valence-corrected chi connectivity index (χ1v) is 10.3. The molecule has 1 aliphatic carbocycles. The number of rotatable bonds is 6. The first kappa shape index (κ1) is 19.1. The number of hydrogen-bond acceptors (Lipinski definition) is 4. The van der Waals surface area contributed by atoms with E-state index in [1.54, 1.807) is 0 Å². The van der Waals surface area contributed by atoms with Crippen LogP contribution in [-0.4, -0.2) is 57.3 Å². The molecule has 2 N–H and O–H groups in total. The summed E-state index contributed by atoms with van der Waals surface area (Å²) in [5.41, 5.74) is 0. The van der Waals surface area contributed by atoms with Gasteiger partial charge in [0.1, 0.15) is 12.4 Å². The van der Waals surface area contributed by atoms with E-state index in [1.807, 2.05) is 18.5 Å². The molecule has 1 saturated carbocycles. The first-order chi connectivity index (χ1) is 12.7. The van der Waals surface area contributed by atoms with Crippen molar-refractivity contribution < 1.29 is 0 Å². The molecule has 146 valence electrons. The van der Waals surface area contributed by atoms with Gasteiger partial charge in [-0.3, -0.25) is 4.90 Å². The van der Waals surface area contributed by atoms with Crippen LogP contribution in [-0.2, 0) is 13.6 Å². The number of nitrogens with one attached hydrogen (secondary N) is 2. The van der Waals surface area contributed by atoms with Crippen LogP contribution in [0.1, 0.15) is 63.5 Å². The quantitative estimate of drug-likeness (QED) is 0.599. The Balaban J connectivity index is 1.62. The fourth-order valence-electron chi connectivity index (χ4n) is 4.09. The van der Waals surface area contributed by atoms with E-state index in [2.05, 4.69) is 32.7 Å². The Hall–Kier alpha value is -1.63. The summed E-state index contributed by atoms with van der Waals surface area (Å²) in [5.74, 6) is 2.76. The minimum atomic E-state index is 0.544. The summed E-state index contributed by atoms with van der Waals surface area (Å²) in [6.45, 7) is 8.10. The average molecular weight is 362 g/mol. The van der Waals surface area contributed by atoms with E-state index in [-0.39, 0.29) is 0 Å². The van der Waals surface area contributed by atoms with Gasteiger partial charge in [0.15, 0.2) is 11.8 Å². The molecule has 1 aromatic rings. The van der Waals surface area contributed by atoms with Crippen molar-refractivity contribution in [1.82, 2.24) is 30.3 Å². The van der Waals surface area contributed by atoms with Crippen LogP contribution in [0.15, 0.2) is 4.99 Å². The molecule has 2 heterocycles. The maximum Gasteiger partial charge on any atom is 0.191 e. The number of likely N-dealkylation sites (N-methyl/N-ethyl adjacent to an activating group) is 1. The molecule has 1 atom stereocenters. The minimum Gasteiger partial charge on any atom is -0.355 e. The predicted octanol–water partition coefficient (Wildman–Crippen LogP) is 1.98. The lowest BCUT2D eigenvalue weighted by molar-refractivity contribution is 0.266. The van der Waals surface area contributed by atoms with Crippen LogP contribution < -0.4 is 10.6 Å². The highest BCUT2D eigenvalue weighted by atomic mass is 15.3. The second kappa shape index (κ2) is 9.35. The zero-order chi connectivity index (χ0) is 18.4. The Morgan fingerprint density at radius 2 is 1.96 bits per heavy atom. The molecule has 1 aromatic heterocycles. The van der Waals surface area contributed by atoms with Crippen LogP contribution in [0, 0.1) is 6.92 Å². The van der Waals surface area contributed by atoms with Crippen LogP contribution >= 0.6 is 0 Å². The zero-order valence-electron chi connectivity index (χ0n) is 16.7. The van der Waals surface area contributed by atoms with Gasteiger partial charge in [-0.05, 0) is 45.7 Å². The molecule has 1 unspecified atom stereocenters. The molecule has 0 amide bonds. The van der Waals surface area contributed by atoms with E-state index in [4.69, 9.17) is 4.99 Å². The lowest BCUT2D eigenvalue weighted by Crippen LogP contribution is -2.48. The standard InChI is InChI=1S/C19H35N7/c1-4-26-12-8-11-17(26)13-20-19(22-16-9-6-5-7-10-16)21-14-18-24-23-15(2)25(18)3/h16-17H,4-14H2,1-3H3,(H2,20,21,22). The highest BCUT2D eigenvalue weighted by Gasteiger charge is 2.23. The summed E-state index contributed by atoms with van der Waals surface area (Å²) >= 11 is 0. The highest BCUT2D eigenvalue weighted by Crippen LogP contribution is 2.18. The Bertz CT molecular complexity index is 589. The van der Waals surface area contributed by atoms with E-state index >= 15 is 0 Å². The van der Waals surface area contributed by atoms with Gasteiger partial charge in [-0.2, -0.15) is 0 Å². The second-order valence-electron chi connectivity index (χ2n) is 7.67. The second-order valence-corrected chi connectivity index (χ2v) is 7.67. The third-order valence-electron chi connectivity index (χ3n) is 5.92. The molecule has 0 bridgehead atoms. The first-order valence-electron chi connectivity index (χ1n) is 10.3. The van der Waals surface area contributed by atoms with Gasteiger partial charge in [-0.1, -0.05) is 26.2 Å². The lowest BCUT2D eigenvalue weighted by Gasteiger charge is -2.27. The Morgan fingerprint density at radius 1 is 1.15 bits per heavy atom. The number of likely N-dealkylation sites (tertiary alicyclic amines) is 1. The van der Waals surface area contributed by atoms with Crippen molar-refractivity contribution in [3.63, 3.8) is 0 Å². The third-order valence-corrected chi connectivity index (χ3v) is 5.92. The van der Waals surface area contributed by atoms with E-state index < -0.39 is 0 Å². The van der Waals surface area contributed by atoms with E-state index in [9.17, 15) is 0 Å². The Kier molecular flexibility index (Phi) is 6.88. The van der Waals surface area contributed by atoms with E-state index in [0.29, 0.717) is 18.6 Å². The van der Waals surface area contributed by atoms with Crippen molar-refractivity contribution in [1.29, 1.82) is 0 Å². The van der Waals surface area contributed by atoms with Crippen molar-refractivity contribution in [3.8, 4) is 0 Å². The summed E-state index contributed by atoms with van der Waals surface area (Å²) in [4.78, 5) is 7.39. The van der Waals surface area contributed by atoms with Crippen LogP contribution in [0.5, 0.6) is 0 Å². The molecule has 26 heavy (non-hydrogen) atoms. The fraction of sp³-hybridized carbons (Fsp3) is 0.842. The zero-order valence-corrected chi connectivity index (χ0v) is 16.7. The molecule has 7 heteroatoms. The largest absolute Gasteiger partial charge is 0.355 e. The van der Waals surface area contributed by atoms with Crippen molar-refractivity contribution in [2.24, 2.45) is 12.0 Å². The van der Waals surface area contributed by atoms with Gasteiger partial charge in [-0.15, -0.1) is 10.2 Å². The van der Waals surface area contributed by atoms with Crippen molar-refractivity contribution in [2.75, 3.05) is 19.6 Å². The van der Waals surface area contributed by atoms with Gasteiger partial charge in [-0.25, -0.2) is 4.99 Å². The summed E-state index contributed by atoms with van der Waals surface area (Å²) in [7, 11) is 2.00. The molecular formula is C19H35N7. The van der Waals surface area contributed by atoms with Gasteiger partial charge < -0.3 is 15.2 Å². The molecule has 1 saturated heterocycles. The Labute approximate surface area is 157 Å². The number of nitrogens with zero attached hydrogens (tertiary/aromatic N) is 5.